The summed E-state index contributed by atoms with van der Waals surface area (Å²) in [7, 11) is 0. The second-order valence-electron chi connectivity index (χ2n) is 2.61. The molecule has 3 nitrogen and oxygen atoms in total. The number of rotatable bonds is 2. The standard InChI is InChI=1S/C5H6BF3NO2.K/c7-6(8,9)3-10-4(11)1-2-5(10)12;/h1-3H2;/q-1;+1. The zero-order chi connectivity index (χ0) is 9.35. The largest absolute Gasteiger partial charge is 1.00 e. The number of hydrogen-bond acceptors (Lipinski definition) is 2. The van der Waals surface area contributed by atoms with Crippen LogP contribution >= 0.6 is 0 Å². The SMILES string of the molecule is O=C1CCC(=O)N1C[B-](F)(F)F.[K+]. The molecule has 0 aromatic carbocycles. The second kappa shape index (κ2) is 4.92. The van der Waals surface area contributed by atoms with E-state index >= 15 is 0 Å². The van der Waals surface area contributed by atoms with Crippen LogP contribution in [0.2, 0.25) is 0 Å². The van der Waals surface area contributed by atoms with Crippen LogP contribution in [0.5, 0.6) is 0 Å². The molecule has 68 valence electrons. The van der Waals surface area contributed by atoms with Gasteiger partial charge in [-0.1, -0.05) is 0 Å². The van der Waals surface area contributed by atoms with E-state index in [1.54, 1.807) is 0 Å². The number of carbonyl (C=O) groups excluding carboxylic acids is 2. The minimum Gasteiger partial charge on any atom is -0.448 e. The van der Waals surface area contributed by atoms with Crippen molar-refractivity contribution < 1.29 is 73.9 Å². The van der Waals surface area contributed by atoms with Crippen LogP contribution in [-0.2, 0) is 9.59 Å². The zero-order valence-electron chi connectivity index (χ0n) is 7.10. The normalized spacial score (nSPS) is 17.6. The van der Waals surface area contributed by atoms with Crippen molar-refractivity contribution in [2.24, 2.45) is 0 Å². The fourth-order valence-corrected chi connectivity index (χ4v) is 1.03. The van der Waals surface area contributed by atoms with E-state index in [1.165, 1.54) is 0 Å². The molecule has 0 radical (unpaired) electrons. The first-order valence-corrected chi connectivity index (χ1v) is 3.44. The van der Waals surface area contributed by atoms with Crippen molar-refractivity contribution in [3.05, 3.63) is 0 Å². The smallest absolute Gasteiger partial charge is 0.448 e. The minimum atomic E-state index is -5.09. The maximum Gasteiger partial charge on any atom is 1.00 e. The zero-order valence-corrected chi connectivity index (χ0v) is 10.2. The van der Waals surface area contributed by atoms with E-state index in [-0.39, 0.29) is 69.1 Å². The van der Waals surface area contributed by atoms with E-state index in [4.69, 9.17) is 0 Å². The van der Waals surface area contributed by atoms with Gasteiger partial charge in [-0.2, -0.15) is 0 Å². The van der Waals surface area contributed by atoms with Gasteiger partial charge in [-0.15, -0.1) is 0 Å². The maximum absolute atomic E-state index is 11.8. The number of nitrogens with zero attached hydrogens (tertiary/aromatic N) is 1. The molecule has 1 aliphatic rings. The van der Waals surface area contributed by atoms with Gasteiger partial charge < -0.3 is 17.8 Å². The van der Waals surface area contributed by atoms with E-state index in [0.717, 1.165) is 0 Å². The van der Waals surface area contributed by atoms with Crippen LogP contribution in [-0.4, -0.2) is 30.1 Å². The topological polar surface area (TPSA) is 37.4 Å². The summed E-state index contributed by atoms with van der Waals surface area (Å²) in [6.45, 7) is -5.09. The molecule has 2 amide bonds. The van der Waals surface area contributed by atoms with Gasteiger partial charge in [-0.05, 0) is 6.44 Å². The summed E-state index contributed by atoms with van der Waals surface area (Å²) < 4.78 is 35.3. The Bertz CT molecular complexity index is 216. The van der Waals surface area contributed by atoms with Crippen molar-refractivity contribution in [2.75, 3.05) is 6.44 Å². The van der Waals surface area contributed by atoms with Gasteiger partial charge in [0.05, 0.1) is 0 Å². The Morgan fingerprint density at radius 3 is 1.85 bits per heavy atom. The van der Waals surface area contributed by atoms with Crippen LogP contribution in [0, 0.1) is 0 Å². The Balaban J connectivity index is 0.00000144. The first-order valence-electron chi connectivity index (χ1n) is 3.44. The Morgan fingerprint density at radius 1 is 1.15 bits per heavy atom. The van der Waals surface area contributed by atoms with Gasteiger partial charge in [0, 0.05) is 12.8 Å². The molecule has 1 rings (SSSR count). The summed E-state index contributed by atoms with van der Waals surface area (Å²) in [5, 5.41) is 0. The monoisotopic (exact) mass is 219 g/mol. The van der Waals surface area contributed by atoms with Crippen molar-refractivity contribution >= 4 is 18.8 Å². The van der Waals surface area contributed by atoms with Gasteiger partial charge in [-0.3, -0.25) is 9.59 Å². The third kappa shape index (κ3) is 4.11. The first-order chi connectivity index (χ1) is 5.40. The number of amides is 2. The molecule has 0 aromatic rings. The molecular weight excluding hydrogens is 213 g/mol. The number of carbonyl (C=O) groups is 2. The van der Waals surface area contributed by atoms with E-state index in [1.807, 2.05) is 0 Å². The third-order valence-electron chi connectivity index (χ3n) is 1.54. The third-order valence-corrected chi connectivity index (χ3v) is 1.54. The van der Waals surface area contributed by atoms with Gasteiger partial charge in [0.25, 0.3) is 0 Å². The molecule has 0 N–H and O–H groups in total. The Kier molecular flexibility index (Phi) is 5.16. The number of likely N-dealkylation sites (tertiary alicyclic amines) is 1. The summed E-state index contributed by atoms with van der Waals surface area (Å²) in [5.41, 5.74) is 0. The summed E-state index contributed by atoms with van der Waals surface area (Å²) in [5.74, 6) is -1.45. The molecular formula is C5H6BF3KNO2. The van der Waals surface area contributed by atoms with E-state index in [0.29, 0.717) is 0 Å². The molecule has 1 fully saturated rings. The van der Waals surface area contributed by atoms with Crippen LogP contribution < -0.4 is 51.4 Å². The van der Waals surface area contributed by atoms with Crippen molar-refractivity contribution in [3.63, 3.8) is 0 Å². The van der Waals surface area contributed by atoms with Crippen molar-refractivity contribution in [3.8, 4) is 0 Å². The fourth-order valence-electron chi connectivity index (χ4n) is 1.03. The van der Waals surface area contributed by atoms with Crippen LogP contribution in [0.3, 0.4) is 0 Å². The fraction of sp³-hybridized carbons (Fsp3) is 0.600. The molecule has 13 heavy (non-hydrogen) atoms. The van der Waals surface area contributed by atoms with Crippen molar-refractivity contribution in [1.82, 2.24) is 4.90 Å². The van der Waals surface area contributed by atoms with Crippen LogP contribution in [0.1, 0.15) is 12.8 Å². The molecule has 0 spiro atoms. The number of halogens is 3. The molecule has 1 heterocycles. The summed E-state index contributed by atoms with van der Waals surface area (Å²) in [4.78, 5) is 21.6. The van der Waals surface area contributed by atoms with Crippen LogP contribution in [0.15, 0.2) is 0 Å². The van der Waals surface area contributed by atoms with Crippen LogP contribution in [0.4, 0.5) is 12.9 Å². The van der Waals surface area contributed by atoms with Gasteiger partial charge >= 0.3 is 58.4 Å². The molecule has 0 saturated carbocycles. The van der Waals surface area contributed by atoms with Gasteiger partial charge in [0.1, 0.15) is 0 Å². The van der Waals surface area contributed by atoms with Gasteiger partial charge in [0.2, 0.25) is 11.8 Å². The summed E-state index contributed by atoms with van der Waals surface area (Å²) in [6, 6.07) is 0. The number of hydrogen-bond donors (Lipinski definition) is 0. The second-order valence-corrected chi connectivity index (χ2v) is 2.61. The average Bonchev–Trinajstić information content (AvgIpc) is 2.16. The average molecular weight is 219 g/mol. The maximum atomic E-state index is 11.8. The minimum absolute atomic E-state index is 0. The summed E-state index contributed by atoms with van der Waals surface area (Å²) >= 11 is 0. The number of imide groups is 1. The molecule has 0 aliphatic carbocycles. The summed E-state index contributed by atoms with van der Waals surface area (Å²) in [6.07, 6.45) is -1.58. The van der Waals surface area contributed by atoms with Crippen molar-refractivity contribution in [2.45, 2.75) is 12.8 Å². The van der Waals surface area contributed by atoms with E-state index < -0.39 is 25.2 Å². The van der Waals surface area contributed by atoms with Gasteiger partial charge in [0.15, 0.2) is 0 Å². The molecule has 0 atom stereocenters. The van der Waals surface area contributed by atoms with E-state index in [2.05, 4.69) is 0 Å². The predicted molar refractivity (Wildman–Crippen MR) is 35.0 cm³/mol. The predicted octanol–water partition coefficient (Wildman–Crippen LogP) is -2.47. The Morgan fingerprint density at radius 2 is 1.54 bits per heavy atom. The molecule has 0 aromatic heterocycles. The van der Waals surface area contributed by atoms with Crippen LogP contribution in [0.25, 0.3) is 0 Å². The molecule has 8 heteroatoms. The first kappa shape index (κ1) is 13.6. The quantitative estimate of drug-likeness (QED) is 0.381. The Hall–Kier alpha value is 0.631. The Labute approximate surface area is 116 Å². The molecule has 0 bridgehead atoms. The van der Waals surface area contributed by atoms with E-state index in [9.17, 15) is 22.5 Å². The molecule has 1 saturated heterocycles. The molecule has 1 aliphatic heterocycles. The van der Waals surface area contributed by atoms with Crippen molar-refractivity contribution in [1.29, 1.82) is 0 Å². The van der Waals surface area contributed by atoms with Gasteiger partial charge in [-0.25, -0.2) is 0 Å². The molecule has 0 unspecified atom stereocenters.